The minimum Gasteiger partial charge on any atom is -0.872 e. The van der Waals surface area contributed by atoms with Crippen molar-refractivity contribution in [2.75, 3.05) is 13.1 Å². The van der Waals surface area contributed by atoms with Crippen molar-refractivity contribution in [3.63, 3.8) is 0 Å². The lowest BCUT2D eigenvalue weighted by atomic mass is 9.98. The van der Waals surface area contributed by atoms with Gasteiger partial charge in [-0.15, -0.1) is 0 Å². The van der Waals surface area contributed by atoms with E-state index in [1.54, 1.807) is 36.4 Å². The van der Waals surface area contributed by atoms with E-state index in [4.69, 9.17) is 0 Å². The van der Waals surface area contributed by atoms with Crippen LogP contribution in [0.5, 0.6) is 11.5 Å². The number of amides is 1. The Morgan fingerprint density at radius 3 is 2.12 bits per heavy atom. The Morgan fingerprint density at radius 2 is 1.50 bits per heavy atom. The second kappa shape index (κ2) is 9.66. The number of quaternary nitrogens is 1. The molecule has 1 amide bonds. The van der Waals surface area contributed by atoms with E-state index >= 15 is 0 Å². The Bertz CT molecular complexity index is 1090. The van der Waals surface area contributed by atoms with Crippen molar-refractivity contribution in [2.24, 2.45) is 0 Å². The molecule has 1 saturated heterocycles. The van der Waals surface area contributed by atoms with E-state index in [0.717, 1.165) is 30.8 Å². The van der Waals surface area contributed by atoms with Crippen LogP contribution in [-0.4, -0.2) is 35.9 Å². The number of carbonyl (C=O) groups excluding carboxylic acids is 2. The number of ketones is 1. The number of benzene rings is 3. The highest BCUT2D eigenvalue weighted by molar-refractivity contribution is 6.10. The molecule has 0 spiro atoms. The average molecular weight is 431 g/mol. The van der Waals surface area contributed by atoms with Gasteiger partial charge in [-0.1, -0.05) is 54.3 Å². The zero-order valence-corrected chi connectivity index (χ0v) is 17.7. The molecule has 6 heteroatoms. The van der Waals surface area contributed by atoms with Crippen LogP contribution in [-0.2, 0) is 6.54 Å². The number of phenolic OH excluding ortho intramolecular Hbond substituents is 1. The van der Waals surface area contributed by atoms with Gasteiger partial charge in [0.25, 0.3) is 5.91 Å². The molecule has 0 saturated carbocycles. The molecule has 1 aliphatic rings. The van der Waals surface area contributed by atoms with E-state index in [9.17, 15) is 19.8 Å². The average Bonchev–Trinajstić information content (AvgIpc) is 2.83. The molecular weight excluding hydrogens is 404 g/mol. The molecule has 0 aromatic heterocycles. The normalized spacial score (nSPS) is 18.1. The summed E-state index contributed by atoms with van der Waals surface area (Å²) in [4.78, 5) is 26.3. The third kappa shape index (κ3) is 4.81. The van der Waals surface area contributed by atoms with Crippen LogP contribution in [0.4, 0.5) is 0 Å². The summed E-state index contributed by atoms with van der Waals surface area (Å²) in [6.07, 6.45) is 1.57. The molecule has 4 rings (SSSR count). The number of hydrogen-bond donors (Lipinski definition) is 3. The lowest BCUT2D eigenvalue weighted by Gasteiger charge is -2.31. The highest BCUT2D eigenvalue weighted by Gasteiger charge is 2.25. The smallest absolute Gasteiger partial charge is 0.251 e. The van der Waals surface area contributed by atoms with Crippen LogP contribution >= 0.6 is 0 Å². The minimum absolute atomic E-state index is 0.0772. The van der Waals surface area contributed by atoms with Crippen LogP contribution in [0.3, 0.4) is 0 Å². The van der Waals surface area contributed by atoms with Crippen LogP contribution in [0.15, 0.2) is 72.8 Å². The van der Waals surface area contributed by atoms with Gasteiger partial charge in [0, 0.05) is 41.1 Å². The van der Waals surface area contributed by atoms with Crippen LogP contribution < -0.4 is 15.3 Å². The molecule has 3 N–H and O–H groups in total. The van der Waals surface area contributed by atoms with Gasteiger partial charge in [0.15, 0.2) is 5.78 Å². The lowest BCUT2D eigenvalue weighted by Crippen LogP contribution is -3.12. The van der Waals surface area contributed by atoms with Gasteiger partial charge in [0.05, 0.1) is 13.1 Å². The quantitative estimate of drug-likeness (QED) is 0.519. The Balaban J connectivity index is 1.40. The van der Waals surface area contributed by atoms with Crippen molar-refractivity contribution in [2.45, 2.75) is 25.4 Å². The van der Waals surface area contributed by atoms with Gasteiger partial charge in [-0.3, -0.25) is 9.59 Å². The maximum absolute atomic E-state index is 13.0. The van der Waals surface area contributed by atoms with E-state index in [1.807, 2.05) is 24.3 Å². The molecule has 0 atom stereocenters. The number of likely N-dealkylation sites (tertiary alicyclic amines) is 1. The zero-order valence-electron chi connectivity index (χ0n) is 17.7. The SMILES string of the molecule is O=C(NC1CC[NH+](Cc2c(O)ccc(C(=O)c3ccccc3)c2[O-])CC1)c1ccccc1. The first-order valence-electron chi connectivity index (χ1n) is 10.8. The minimum atomic E-state index is -0.411. The molecule has 0 radical (unpaired) electrons. The summed E-state index contributed by atoms with van der Waals surface area (Å²) in [7, 11) is 0. The van der Waals surface area contributed by atoms with Crippen molar-refractivity contribution in [1.82, 2.24) is 5.32 Å². The van der Waals surface area contributed by atoms with E-state index in [-0.39, 0.29) is 34.6 Å². The first-order chi connectivity index (χ1) is 15.5. The van der Waals surface area contributed by atoms with Gasteiger partial charge >= 0.3 is 0 Å². The zero-order chi connectivity index (χ0) is 22.5. The molecular formula is C26H26N2O4. The topological polar surface area (TPSA) is 93.9 Å². The molecule has 0 bridgehead atoms. The molecule has 164 valence electrons. The van der Waals surface area contributed by atoms with E-state index in [2.05, 4.69) is 5.32 Å². The number of aromatic hydroxyl groups is 1. The van der Waals surface area contributed by atoms with E-state index in [1.165, 1.54) is 12.1 Å². The Morgan fingerprint density at radius 1 is 0.906 bits per heavy atom. The molecule has 3 aromatic carbocycles. The molecule has 1 fully saturated rings. The van der Waals surface area contributed by atoms with Gasteiger partial charge < -0.3 is 20.4 Å². The summed E-state index contributed by atoms with van der Waals surface area (Å²) < 4.78 is 0. The summed E-state index contributed by atoms with van der Waals surface area (Å²) in [5.41, 5.74) is 1.44. The Kier molecular flexibility index (Phi) is 6.52. The predicted molar refractivity (Wildman–Crippen MR) is 119 cm³/mol. The monoisotopic (exact) mass is 430 g/mol. The fourth-order valence-corrected chi connectivity index (χ4v) is 4.17. The Hall–Kier alpha value is -3.64. The number of rotatable bonds is 6. The highest BCUT2D eigenvalue weighted by atomic mass is 16.3. The second-order valence-electron chi connectivity index (χ2n) is 8.18. The van der Waals surface area contributed by atoms with Crippen molar-refractivity contribution in [1.29, 1.82) is 0 Å². The standard InChI is InChI=1S/C26H26N2O4/c29-23-12-11-21(24(30)18-7-3-1-4-8-18)25(31)22(23)17-28-15-13-20(14-16-28)27-26(32)19-9-5-2-6-10-19/h1-12,20,29,31H,13-17H2,(H,27,32). The van der Waals surface area contributed by atoms with Crippen LogP contribution in [0.25, 0.3) is 0 Å². The van der Waals surface area contributed by atoms with Crippen molar-refractivity contribution in [3.8, 4) is 11.5 Å². The third-order valence-electron chi connectivity index (χ3n) is 6.01. The molecule has 0 aliphatic carbocycles. The number of phenols is 1. The molecule has 1 aliphatic heterocycles. The van der Waals surface area contributed by atoms with E-state index in [0.29, 0.717) is 17.7 Å². The second-order valence-corrected chi connectivity index (χ2v) is 8.18. The molecule has 6 nitrogen and oxygen atoms in total. The van der Waals surface area contributed by atoms with Gasteiger partial charge in [0.2, 0.25) is 0 Å². The van der Waals surface area contributed by atoms with Crippen molar-refractivity contribution < 1.29 is 24.7 Å². The Labute approximate surface area is 187 Å². The van der Waals surface area contributed by atoms with Crippen LogP contribution in [0.1, 0.15) is 44.7 Å². The molecule has 32 heavy (non-hydrogen) atoms. The summed E-state index contributed by atoms with van der Waals surface area (Å²) in [6.45, 7) is 1.87. The molecule has 3 aromatic rings. The van der Waals surface area contributed by atoms with Gasteiger partial charge in [-0.2, -0.15) is 0 Å². The van der Waals surface area contributed by atoms with Gasteiger partial charge in [0.1, 0.15) is 12.3 Å². The number of hydrogen-bond acceptors (Lipinski definition) is 4. The predicted octanol–water partition coefficient (Wildman–Crippen LogP) is 1.67. The number of piperidine rings is 1. The van der Waals surface area contributed by atoms with Crippen LogP contribution in [0.2, 0.25) is 0 Å². The maximum Gasteiger partial charge on any atom is 0.251 e. The lowest BCUT2D eigenvalue weighted by molar-refractivity contribution is -0.919. The fraction of sp³-hybridized carbons (Fsp3) is 0.231. The number of carbonyl (C=O) groups is 2. The highest BCUT2D eigenvalue weighted by Crippen LogP contribution is 2.29. The molecule has 1 heterocycles. The van der Waals surface area contributed by atoms with Crippen molar-refractivity contribution >= 4 is 11.7 Å². The summed E-state index contributed by atoms with van der Waals surface area (Å²) in [5, 5.41) is 26.4. The van der Waals surface area contributed by atoms with Crippen LogP contribution in [0, 0.1) is 0 Å². The third-order valence-corrected chi connectivity index (χ3v) is 6.01. The van der Waals surface area contributed by atoms with Gasteiger partial charge in [-0.25, -0.2) is 0 Å². The van der Waals surface area contributed by atoms with Gasteiger partial charge in [-0.05, 0) is 24.3 Å². The largest absolute Gasteiger partial charge is 0.872 e. The first-order valence-corrected chi connectivity index (χ1v) is 10.8. The van der Waals surface area contributed by atoms with Crippen molar-refractivity contribution in [3.05, 3.63) is 95.1 Å². The first kappa shape index (κ1) is 21.6. The summed E-state index contributed by atoms with van der Waals surface area (Å²) in [6, 6.07) is 20.7. The molecule has 0 unspecified atom stereocenters. The fourth-order valence-electron chi connectivity index (χ4n) is 4.17. The number of nitrogens with one attached hydrogen (secondary N) is 2. The summed E-state index contributed by atoms with van der Waals surface area (Å²) >= 11 is 0. The summed E-state index contributed by atoms with van der Waals surface area (Å²) in [5.74, 6) is -0.905. The maximum atomic E-state index is 13.0. The van der Waals surface area contributed by atoms with E-state index < -0.39 is 5.75 Å².